The zero-order chi connectivity index (χ0) is 15.7. The van der Waals surface area contributed by atoms with Crippen LogP contribution in [0.3, 0.4) is 0 Å². The lowest BCUT2D eigenvalue weighted by Crippen LogP contribution is -2.49. The van der Waals surface area contributed by atoms with Gasteiger partial charge in [-0.3, -0.25) is 14.4 Å². The fourth-order valence-electron chi connectivity index (χ4n) is 2.62. The van der Waals surface area contributed by atoms with E-state index in [4.69, 9.17) is 9.84 Å². The van der Waals surface area contributed by atoms with Gasteiger partial charge in [-0.15, -0.1) is 0 Å². The van der Waals surface area contributed by atoms with Gasteiger partial charge in [0, 0.05) is 6.04 Å². The van der Waals surface area contributed by atoms with Gasteiger partial charge in [0.1, 0.15) is 5.75 Å². The molecule has 2 aliphatic rings. The number of benzene rings is 1. The molecule has 2 amide bonds. The first kappa shape index (κ1) is 14.4. The molecule has 1 saturated carbocycles. The third-order valence-corrected chi connectivity index (χ3v) is 3.93. The molecule has 3 rings (SSSR count). The lowest BCUT2D eigenvalue weighted by molar-refractivity contribution is -0.146. The van der Waals surface area contributed by atoms with Crippen LogP contribution >= 0.6 is 0 Å². The number of fused-ring (bicyclic) bond motifs is 1. The number of aliphatic carboxylic acids is 1. The van der Waals surface area contributed by atoms with E-state index < -0.39 is 12.1 Å². The number of amides is 2. The first-order valence-corrected chi connectivity index (χ1v) is 7.11. The Bertz CT molecular complexity index is 624. The number of carbonyl (C=O) groups excluding carboxylic acids is 2. The summed E-state index contributed by atoms with van der Waals surface area (Å²) in [5.41, 5.74) is 0.590. The standard InChI is InChI=1S/C15H16N2O5/c18-13(16-9-5-8(6-9)15(20)21)7-12-14(19)17-10-3-1-2-4-11(10)22-12/h1-4,8-9,12H,5-7H2,(H,16,18)(H,17,19)(H,20,21). The highest BCUT2D eigenvalue weighted by Gasteiger charge is 2.36. The van der Waals surface area contributed by atoms with Gasteiger partial charge in [-0.1, -0.05) is 12.1 Å². The van der Waals surface area contributed by atoms with Gasteiger partial charge < -0.3 is 20.5 Å². The molecule has 0 aromatic heterocycles. The SMILES string of the molecule is O=C(CC1Oc2ccccc2NC1=O)NC1CC(C(=O)O)C1. The van der Waals surface area contributed by atoms with Crippen LogP contribution in [0.5, 0.6) is 5.75 Å². The van der Waals surface area contributed by atoms with E-state index in [-0.39, 0.29) is 30.2 Å². The number of nitrogens with one attached hydrogen (secondary N) is 2. The molecule has 0 radical (unpaired) electrons. The summed E-state index contributed by atoms with van der Waals surface area (Å²) in [5.74, 6) is -1.35. The van der Waals surface area contributed by atoms with Crippen LogP contribution in [-0.4, -0.2) is 35.0 Å². The molecule has 116 valence electrons. The lowest BCUT2D eigenvalue weighted by atomic mass is 9.80. The van der Waals surface area contributed by atoms with E-state index in [0.29, 0.717) is 24.3 Å². The summed E-state index contributed by atoms with van der Waals surface area (Å²) < 4.78 is 5.54. The maximum Gasteiger partial charge on any atom is 0.306 e. The number of hydrogen-bond donors (Lipinski definition) is 3. The first-order chi connectivity index (χ1) is 10.5. The Morgan fingerprint density at radius 3 is 2.77 bits per heavy atom. The van der Waals surface area contributed by atoms with Gasteiger partial charge in [0.05, 0.1) is 18.0 Å². The van der Waals surface area contributed by atoms with Crippen LogP contribution in [-0.2, 0) is 14.4 Å². The topological polar surface area (TPSA) is 105 Å². The molecule has 1 heterocycles. The van der Waals surface area contributed by atoms with Crippen molar-refractivity contribution in [2.24, 2.45) is 5.92 Å². The van der Waals surface area contributed by atoms with Crippen molar-refractivity contribution >= 4 is 23.5 Å². The van der Waals surface area contributed by atoms with Crippen molar-refractivity contribution in [1.29, 1.82) is 0 Å². The number of carboxylic acid groups (broad SMARTS) is 1. The Hall–Kier alpha value is -2.57. The summed E-state index contributed by atoms with van der Waals surface area (Å²) >= 11 is 0. The molecule has 1 atom stereocenters. The summed E-state index contributed by atoms with van der Waals surface area (Å²) in [6, 6.07) is 6.89. The summed E-state index contributed by atoms with van der Waals surface area (Å²) in [7, 11) is 0. The molecule has 0 bridgehead atoms. The monoisotopic (exact) mass is 304 g/mol. The van der Waals surface area contributed by atoms with Crippen LogP contribution in [0.15, 0.2) is 24.3 Å². The molecule has 0 spiro atoms. The lowest BCUT2D eigenvalue weighted by Gasteiger charge is -2.33. The number of ether oxygens (including phenoxy) is 1. The summed E-state index contributed by atoms with van der Waals surface area (Å²) in [5, 5.41) is 14.2. The van der Waals surface area contributed by atoms with Crippen molar-refractivity contribution in [3.63, 3.8) is 0 Å². The summed E-state index contributed by atoms with van der Waals surface area (Å²) in [6.07, 6.45) is -0.0947. The minimum atomic E-state index is -0.870. The molecule has 1 fully saturated rings. The highest BCUT2D eigenvalue weighted by Crippen LogP contribution is 2.30. The predicted octanol–water partition coefficient (Wildman–Crippen LogP) is 0.756. The van der Waals surface area contributed by atoms with Crippen LogP contribution in [0.4, 0.5) is 5.69 Å². The van der Waals surface area contributed by atoms with Gasteiger partial charge >= 0.3 is 5.97 Å². The molecule has 7 nitrogen and oxygen atoms in total. The number of rotatable bonds is 4. The molecule has 0 saturated heterocycles. The van der Waals surface area contributed by atoms with E-state index >= 15 is 0 Å². The van der Waals surface area contributed by atoms with E-state index in [1.807, 2.05) is 0 Å². The average Bonchev–Trinajstić information content (AvgIpc) is 2.42. The van der Waals surface area contributed by atoms with Crippen molar-refractivity contribution in [2.45, 2.75) is 31.4 Å². The molecule has 1 aromatic rings. The fraction of sp³-hybridized carbons (Fsp3) is 0.400. The maximum absolute atomic E-state index is 11.9. The van der Waals surface area contributed by atoms with Gasteiger partial charge in [0.2, 0.25) is 5.91 Å². The van der Waals surface area contributed by atoms with Gasteiger partial charge in [0.15, 0.2) is 6.10 Å². The molecule has 1 aliphatic carbocycles. The highest BCUT2D eigenvalue weighted by atomic mass is 16.5. The van der Waals surface area contributed by atoms with E-state index in [9.17, 15) is 14.4 Å². The van der Waals surface area contributed by atoms with Crippen LogP contribution in [0.1, 0.15) is 19.3 Å². The Kier molecular flexibility index (Phi) is 3.70. The summed E-state index contributed by atoms with van der Waals surface area (Å²) in [4.78, 5) is 34.5. The molecule has 22 heavy (non-hydrogen) atoms. The Labute approximate surface area is 126 Å². The summed E-state index contributed by atoms with van der Waals surface area (Å²) in [6.45, 7) is 0. The molecule has 1 aromatic carbocycles. The molecular weight excluding hydrogens is 288 g/mol. The highest BCUT2D eigenvalue weighted by molar-refractivity contribution is 6.00. The average molecular weight is 304 g/mol. The number of carbonyl (C=O) groups is 3. The van der Waals surface area contributed by atoms with Crippen LogP contribution in [0.2, 0.25) is 0 Å². The number of carboxylic acids is 1. The number of hydrogen-bond acceptors (Lipinski definition) is 4. The van der Waals surface area contributed by atoms with Crippen molar-refractivity contribution in [1.82, 2.24) is 5.32 Å². The van der Waals surface area contributed by atoms with Gasteiger partial charge in [-0.25, -0.2) is 0 Å². The Morgan fingerprint density at radius 1 is 1.32 bits per heavy atom. The second-order valence-corrected chi connectivity index (χ2v) is 5.57. The second kappa shape index (κ2) is 5.67. The zero-order valence-electron chi connectivity index (χ0n) is 11.7. The van der Waals surface area contributed by atoms with E-state index in [1.165, 1.54) is 0 Å². The smallest absolute Gasteiger partial charge is 0.306 e. The molecular formula is C15H16N2O5. The molecule has 1 unspecified atom stereocenters. The predicted molar refractivity (Wildman–Crippen MR) is 76.4 cm³/mol. The largest absolute Gasteiger partial charge is 0.481 e. The van der Waals surface area contributed by atoms with Crippen LogP contribution < -0.4 is 15.4 Å². The normalized spacial score (nSPS) is 26.0. The first-order valence-electron chi connectivity index (χ1n) is 7.11. The van der Waals surface area contributed by atoms with Crippen molar-refractivity contribution in [3.8, 4) is 5.75 Å². The Balaban J connectivity index is 1.52. The van der Waals surface area contributed by atoms with E-state index in [1.54, 1.807) is 24.3 Å². The number of anilines is 1. The minimum Gasteiger partial charge on any atom is -0.481 e. The minimum absolute atomic E-state index is 0.0889. The molecule has 7 heteroatoms. The van der Waals surface area contributed by atoms with Gasteiger partial charge in [-0.05, 0) is 25.0 Å². The van der Waals surface area contributed by atoms with Crippen LogP contribution in [0.25, 0.3) is 0 Å². The quantitative estimate of drug-likeness (QED) is 0.761. The molecule has 3 N–H and O–H groups in total. The third-order valence-electron chi connectivity index (χ3n) is 3.93. The Morgan fingerprint density at radius 2 is 2.05 bits per heavy atom. The fourth-order valence-corrected chi connectivity index (χ4v) is 2.62. The van der Waals surface area contributed by atoms with Crippen LogP contribution in [0, 0.1) is 5.92 Å². The maximum atomic E-state index is 11.9. The molecule has 1 aliphatic heterocycles. The zero-order valence-corrected chi connectivity index (χ0v) is 11.7. The van der Waals surface area contributed by atoms with Gasteiger partial charge in [-0.2, -0.15) is 0 Å². The third kappa shape index (κ3) is 2.88. The van der Waals surface area contributed by atoms with Gasteiger partial charge in [0.25, 0.3) is 5.91 Å². The number of para-hydroxylation sites is 2. The van der Waals surface area contributed by atoms with E-state index in [0.717, 1.165) is 0 Å². The van der Waals surface area contributed by atoms with Crippen molar-refractivity contribution in [2.75, 3.05) is 5.32 Å². The van der Waals surface area contributed by atoms with Crippen molar-refractivity contribution < 1.29 is 24.2 Å². The second-order valence-electron chi connectivity index (χ2n) is 5.57. The van der Waals surface area contributed by atoms with E-state index in [2.05, 4.69) is 10.6 Å². The van der Waals surface area contributed by atoms with Crippen molar-refractivity contribution in [3.05, 3.63) is 24.3 Å².